The Balaban J connectivity index is 1.83. The van der Waals surface area contributed by atoms with Gasteiger partial charge in [-0.3, -0.25) is 9.59 Å². The summed E-state index contributed by atoms with van der Waals surface area (Å²) in [6.45, 7) is 2.09. The van der Waals surface area contributed by atoms with Crippen molar-refractivity contribution in [1.82, 2.24) is 4.90 Å². The number of Topliss-reactive ketones (excluding diaryl/α,β-unsaturated/α-hetero) is 1. The lowest BCUT2D eigenvalue weighted by Gasteiger charge is -2.26. The standard InChI is InChI=1S/C26H22FNO4/c1-16-4-3-5-19(14-16)23-22(24(29)18-8-10-20(27)11-9-18)25(30)26(31)28(23)15-17-6-12-21(32-2)13-7-17/h3-14,23,29H,15H2,1-2H3/b24-22-. The summed E-state index contributed by atoms with van der Waals surface area (Å²) < 4.78 is 18.6. The molecule has 0 spiro atoms. The highest BCUT2D eigenvalue weighted by atomic mass is 19.1. The minimum Gasteiger partial charge on any atom is -0.507 e. The zero-order chi connectivity index (χ0) is 22.8. The first-order valence-corrected chi connectivity index (χ1v) is 10.1. The predicted molar refractivity (Wildman–Crippen MR) is 118 cm³/mol. The first-order chi connectivity index (χ1) is 15.4. The van der Waals surface area contributed by atoms with Crippen molar-refractivity contribution in [3.63, 3.8) is 0 Å². The maximum atomic E-state index is 13.4. The van der Waals surface area contributed by atoms with Crippen molar-refractivity contribution in [2.45, 2.75) is 19.5 Å². The molecular formula is C26H22FNO4. The van der Waals surface area contributed by atoms with Crippen LogP contribution in [0.1, 0.15) is 28.3 Å². The van der Waals surface area contributed by atoms with Crippen LogP contribution in [0, 0.1) is 12.7 Å². The van der Waals surface area contributed by atoms with Crippen molar-refractivity contribution in [2.24, 2.45) is 0 Å². The average molecular weight is 431 g/mol. The number of halogens is 1. The summed E-state index contributed by atoms with van der Waals surface area (Å²) in [7, 11) is 1.57. The van der Waals surface area contributed by atoms with Crippen LogP contribution in [0.25, 0.3) is 5.76 Å². The van der Waals surface area contributed by atoms with Gasteiger partial charge in [-0.25, -0.2) is 4.39 Å². The van der Waals surface area contributed by atoms with E-state index in [1.807, 2.05) is 43.3 Å². The van der Waals surface area contributed by atoms with Crippen molar-refractivity contribution >= 4 is 17.4 Å². The fourth-order valence-electron chi connectivity index (χ4n) is 3.92. The lowest BCUT2D eigenvalue weighted by atomic mass is 9.94. The van der Waals surface area contributed by atoms with Crippen LogP contribution in [-0.4, -0.2) is 28.8 Å². The molecule has 1 N–H and O–H groups in total. The molecule has 1 aliphatic heterocycles. The molecule has 1 saturated heterocycles. The predicted octanol–water partition coefficient (Wildman–Crippen LogP) is 4.76. The summed E-state index contributed by atoms with van der Waals surface area (Å²) in [6.07, 6.45) is 0. The Labute approximate surface area is 185 Å². The summed E-state index contributed by atoms with van der Waals surface area (Å²) in [4.78, 5) is 27.6. The van der Waals surface area contributed by atoms with E-state index in [0.29, 0.717) is 11.3 Å². The van der Waals surface area contributed by atoms with Gasteiger partial charge in [0.2, 0.25) is 0 Å². The third-order valence-corrected chi connectivity index (χ3v) is 5.53. The van der Waals surface area contributed by atoms with Gasteiger partial charge in [0, 0.05) is 12.1 Å². The number of rotatable bonds is 5. The lowest BCUT2D eigenvalue weighted by Crippen LogP contribution is -2.29. The van der Waals surface area contributed by atoms with Crippen LogP contribution in [0.5, 0.6) is 5.75 Å². The Kier molecular flexibility index (Phi) is 5.77. The highest BCUT2D eigenvalue weighted by Crippen LogP contribution is 2.40. The van der Waals surface area contributed by atoms with E-state index in [1.165, 1.54) is 29.2 Å². The number of likely N-dealkylation sites (tertiary alicyclic amines) is 1. The Bertz CT molecular complexity index is 1200. The van der Waals surface area contributed by atoms with Gasteiger partial charge in [-0.2, -0.15) is 0 Å². The summed E-state index contributed by atoms with van der Waals surface area (Å²) in [6, 6.07) is 19.1. The van der Waals surface area contributed by atoms with Crippen molar-refractivity contribution < 1.29 is 23.8 Å². The molecule has 1 aliphatic rings. The molecule has 1 heterocycles. The minimum absolute atomic E-state index is 0.0132. The van der Waals surface area contributed by atoms with E-state index in [4.69, 9.17) is 4.74 Å². The maximum absolute atomic E-state index is 13.4. The topological polar surface area (TPSA) is 66.8 Å². The van der Waals surface area contributed by atoms with Crippen molar-refractivity contribution in [1.29, 1.82) is 0 Å². The van der Waals surface area contributed by atoms with Gasteiger partial charge >= 0.3 is 0 Å². The molecule has 32 heavy (non-hydrogen) atoms. The van der Waals surface area contributed by atoms with Gasteiger partial charge in [0.1, 0.15) is 17.3 Å². The number of nitrogens with zero attached hydrogens (tertiary/aromatic N) is 1. The Hall–Kier alpha value is -3.93. The molecule has 0 radical (unpaired) electrons. The molecule has 1 atom stereocenters. The van der Waals surface area contributed by atoms with E-state index >= 15 is 0 Å². The van der Waals surface area contributed by atoms with Crippen molar-refractivity contribution in [2.75, 3.05) is 7.11 Å². The molecule has 0 aliphatic carbocycles. The summed E-state index contributed by atoms with van der Waals surface area (Å²) >= 11 is 0. The quantitative estimate of drug-likeness (QED) is 0.359. The fourth-order valence-corrected chi connectivity index (χ4v) is 3.92. The van der Waals surface area contributed by atoms with Crippen molar-refractivity contribution in [3.8, 4) is 5.75 Å². The number of carbonyl (C=O) groups is 2. The van der Waals surface area contributed by atoms with Gasteiger partial charge in [0.05, 0.1) is 18.7 Å². The fraction of sp³-hybridized carbons (Fsp3) is 0.154. The first kappa shape index (κ1) is 21.3. The van der Waals surface area contributed by atoms with Gasteiger partial charge in [0.15, 0.2) is 0 Å². The number of aliphatic hydroxyl groups excluding tert-OH is 1. The average Bonchev–Trinajstić information content (AvgIpc) is 3.04. The molecule has 6 heteroatoms. The van der Waals surface area contributed by atoms with Crippen LogP contribution < -0.4 is 4.74 Å². The second-order valence-electron chi connectivity index (χ2n) is 7.70. The molecule has 3 aromatic rings. The summed E-state index contributed by atoms with van der Waals surface area (Å²) in [5.74, 6) is -1.57. The Morgan fingerprint density at radius 2 is 1.72 bits per heavy atom. The number of benzene rings is 3. The third-order valence-electron chi connectivity index (χ3n) is 5.53. The minimum atomic E-state index is -0.776. The van der Waals surface area contributed by atoms with Gasteiger partial charge in [-0.15, -0.1) is 0 Å². The lowest BCUT2D eigenvalue weighted by molar-refractivity contribution is -0.140. The Morgan fingerprint density at radius 1 is 1.03 bits per heavy atom. The van der Waals surface area contributed by atoms with Crippen LogP contribution >= 0.6 is 0 Å². The van der Waals surface area contributed by atoms with Gasteiger partial charge in [-0.1, -0.05) is 42.0 Å². The molecule has 0 aromatic heterocycles. The zero-order valence-electron chi connectivity index (χ0n) is 17.7. The number of aliphatic hydroxyl groups is 1. The maximum Gasteiger partial charge on any atom is 0.295 e. The molecule has 1 unspecified atom stereocenters. The number of hydrogen-bond acceptors (Lipinski definition) is 4. The normalized spacial score (nSPS) is 17.6. The number of ketones is 1. The summed E-state index contributed by atoms with van der Waals surface area (Å²) in [5.41, 5.74) is 2.74. The first-order valence-electron chi connectivity index (χ1n) is 10.1. The number of ether oxygens (including phenoxy) is 1. The highest BCUT2D eigenvalue weighted by Gasteiger charge is 2.46. The molecule has 1 fully saturated rings. The number of carbonyl (C=O) groups excluding carboxylic acids is 2. The molecule has 162 valence electrons. The second kappa shape index (κ2) is 8.67. The van der Waals surface area contributed by atoms with Gasteiger partial charge < -0.3 is 14.7 Å². The van der Waals surface area contributed by atoms with Crippen molar-refractivity contribution in [3.05, 3.63) is 106 Å². The van der Waals surface area contributed by atoms with E-state index in [1.54, 1.807) is 19.2 Å². The second-order valence-corrected chi connectivity index (χ2v) is 7.70. The smallest absolute Gasteiger partial charge is 0.295 e. The zero-order valence-corrected chi connectivity index (χ0v) is 17.7. The number of amides is 1. The molecule has 5 nitrogen and oxygen atoms in total. The van der Waals surface area contributed by atoms with E-state index in [2.05, 4.69) is 0 Å². The van der Waals surface area contributed by atoms with Crippen LogP contribution in [-0.2, 0) is 16.1 Å². The molecule has 3 aromatic carbocycles. The van der Waals surface area contributed by atoms with Crippen LogP contribution in [0.15, 0.2) is 78.4 Å². The van der Waals surface area contributed by atoms with E-state index in [-0.39, 0.29) is 23.4 Å². The van der Waals surface area contributed by atoms with E-state index < -0.39 is 23.5 Å². The monoisotopic (exact) mass is 431 g/mol. The molecule has 4 rings (SSSR count). The number of hydrogen-bond donors (Lipinski definition) is 1. The van der Waals surface area contributed by atoms with Crippen LogP contribution in [0.2, 0.25) is 0 Å². The highest BCUT2D eigenvalue weighted by molar-refractivity contribution is 6.46. The number of methoxy groups -OCH3 is 1. The molecular weight excluding hydrogens is 409 g/mol. The van der Waals surface area contributed by atoms with Crippen LogP contribution in [0.4, 0.5) is 4.39 Å². The van der Waals surface area contributed by atoms with Gasteiger partial charge in [0.25, 0.3) is 11.7 Å². The molecule has 0 saturated carbocycles. The molecule has 0 bridgehead atoms. The third kappa shape index (κ3) is 3.99. The van der Waals surface area contributed by atoms with Gasteiger partial charge in [-0.05, 0) is 54.4 Å². The van der Waals surface area contributed by atoms with E-state index in [0.717, 1.165) is 11.1 Å². The number of aryl methyl sites for hydroxylation is 1. The largest absolute Gasteiger partial charge is 0.507 e. The Morgan fingerprint density at radius 3 is 2.34 bits per heavy atom. The van der Waals surface area contributed by atoms with E-state index in [9.17, 15) is 19.1 Å². The summed E-state index contributed by atoms with van der Waals surface area (Å²) in [5, 5.41) is 11.0. The SMILES string of the molecule is COc1ccc(CN2C(=O)C(=O)/C(=C(\O)c3ccc(F)cc3)C2c2cccc(C)c2)cc1. The van der Waals surface area contributed by atoms with Crippen LogP contribution in [0.3, 0.4) is 0 Å². The molecule has 1 amide bonds.